The molecule has 9 rings (SSSR count). The van der Waals surface area contributed by atoms with E-state index in [1.165, 1.54) is 44.3 Å². The molecule has 0 radical (unpaired) electrons. The van der Waals surface area contributed by atoms with Crippen molar-refractivity contribution in [3.8, 4) is 33.4 Å². The van der Waals surface area contributed by atoms with Crippen LogP contribution in [0.3, 0.4) is 0 Å². The lowest BCUT2D eigenvalue weighted by Gasteiger charge is -2.13. The molecule has 0 bridgehead atoms. The fourth-order valence-corrected chi connectivity index (χ4v) is 7.46. The Bertz CT molecular complexity index is 2300. The molecule has 0 saturated heterocycles. The fourth-order valence-electron chi connectivity index (χ4n) is 6.43. The van der Waals surface area contributed by atoms with Gasteiger partial charge in [0.05, 0.1) is 0 Å². The van der Waals surface area contributed by atoms with E-state index in [-0.39, 0.29) is 0 Å². The summed E-state index contributed by atoms with van der Waals surface area (Å²) in [6.45, 7) is 0. The lowest BCUT2D eigenvalue weighted by atomic mass is 9.90. The molecular formula is C38H24O2S. The minimum atomic E-state index is 0.929. The van der Waals surface area contributed by atoms with Crippen LogP contribution in [0.5, 0.6) is 0 Å². The minimum Gasteiger partial charge on any atom is -0.456 e. The largest absolute Gasteiger partial charge is 0.456 e. The maximum absolute atomic E-state index is 6.37. The van der Waals surface area contributed by atoms with Gasteiger partial charge in [0.1, 0.15) is 22.3 Å². The van der Waals surface area contributed by atoms with Crippen molar-refractivity contribution in [1.29, 1.82) is 0 Å². The summed E-state index contributed by atoms with van der Waals surface area (Å²) in [5, 5.41) is 4.65. The summed E-state index contributed by atoms with van der Waals surface area (Å²) in [5.41, 5.74) is 13.9. The maximum Gasteiger partial charge on any atom is 0.143 e. The van der Waals surface area contributed by atoms with Gasteiger partial charge in [-0.25, -0.2) is 0 Å². The van der Waals surface area contributed by atoms with Crippen molar-refractivity contribution >= 4 is 55.6 Å². The molecular weight excluding hydrogens is 520 g/mol. The zero-order chi connectivity index (χ0) is 26.9. The molecule has 3 heteroatoms. The first-order valence-electron chi connectivity index (χ1n) is 14.0. The Labute approximate surface area is 241 Å². The quantitative estimate of drug-likeness (QED) is 0.216. The normalized spacial score (nSPS) is 13.1. The summed E-state index contributed by atoms with van der Waals surface area (Å²) in [6, 6.07) is 43.5. The highest BCUT2D eigenvalue weighted by Gasteiger charge is 2.19. The Morgan fingerprint density at radius 1 is 0.415 bits per heavy atom. The molecule has 1 aliphatic heterocycles. The summed E-state index contributed by atoms with van der Waals surface area (Å²) in [7, 11) is 0. The van der Waals surface area contributed by atoms with Gasteiger partial charge >= 0.3 is 0 Å². The second-order valence-electron chi connectivity index (χ2n) is 10.8. The van der Waals surface area contributed by atoms with E-state index < -0.39 is 0 Å². The topological polar surface area (TPSA) is 26.3 Å². The molecule has 3 heterocycles. The first kappa shape index (κ1) is 23.0. The number of hydrogen-bond donors (Lipinski definition) is 0. The lowest BCUT2D eigenvalue weighted by molar-refractivity contribution is 0.669. The predicted octanol–water partition coefficient (Wildman–Crippen LogP) is 11.2. The second-order valence-corrected chi connectivity index (χ2v) is 11.8. The molecule has 0 fully saturated rings. The molecule has 0 atom stereocenters. The van der Waals surface area contributed by atoms with Crippen molar-refractivity contribution in [2.75, 3.05) is 0 Å². The van der Waals surface area contributed by atoms with Crippen molar-refractivity contribution in [3.05, 3.63) is 132 Å². The van der Waals surface area contributed by atoms with Gasteiger partial charge in [-0.15, -0.1) is 0 Å². The van der Waals surface area contributed by atoms with E-state index >= 15 is 0 Å². The van der Waals surface area contributed by atoms with Gasteiger partial charge in [-0.3, -0.25) is 0 Å². The Morgan fingerprint density at radius 2 is 1.10 bits per heavy atom. The van der Waals surface area contributed by atoms with Gasteiger partial charge in [-0.1, -0.05) is 84.9 Å². The highest BCUT2D eigenvalue weighted by molar-refractivity contribution is 7.97. The van der Waals surface area contributed by atoms with Gasteiger partial charge in [0.25, 0.3) is 0 Å². The van der Waals surface area contributed by atoms with Crippen LogP contribution < -0.4 is 0 Å². The van der Waals surface area contributed by atoms with Gasteiger partial charge in [0, 0.05) is 38.6 Å². The molecule has 0 amide bonds. The SMILES string of the molecule is c1ccc2c(c1)oc1ccc(-c3ccc4c(c3)-c3ccc(-c5cccc6c5oc5ccccc56)cc3CSC4)cc12. The molecule has 0 spiro atoms. The van der Waals surface area contributed by atoms with Crippen LogP contribution in [-0.4, -0.2) is 0 Å². The van der Waals surface area contributed by atoms with Crippen LogP contribution in [0, 0.1) is 0 Å². The first-order valence-corrected chi connectivity index (χ1v) is 15.1. The Morgan fingerprint density at radius 3 is 2.00 bits per heavy atom. The molecule has 0 unspecified atom stereocenters. The van der Waals surface area contributed by atoms with E-state index in [0.717, 1.165) is 55.6 Å². The summed E-state index contributed by atoms with van der Waals surface area (Å²) in [6.07, 6.45) is 0. The van der Waals surface area contributed by atoms with E-state index in [1.807, 2.05) is 36.0 Å². The molecule has 8 aromatic rings. The van der Waals surface area contributed by atoms with Crippen LogP contribution in [0.4, 0.5) is 0 Å². The molecule has 41 heavy (non-hydrogen) atoms. The van der Waals surface area contributed by atoms with E-state index in [9.17, 15) is 0 Å². The summed E-state index contributed by atoms with van der Waals surface area (Å²) in [5.74, 6) is 1.99. The molecule has 0 N–H and O–H groups in total. The molecule has 194 valence electrons. The van der Waals surface area contributed by atoms with E-state index in [4.69, 9.17) is 8.83 Å². The van der Waals surface area contributed by atoms with E-state index in [0.29, 0.717) is 0 Å². The van der Waals surface area contributed by atoms with Gasteiger partial charge in [0.15, 0.2) is 0 Å². The highest BCUT2D eigenvalue weighted by atomic mass is 32.2. The number of furan rings is 2. The van der Waals surface area contributed by atoms with Crippen molar-refractivity contribution in [3.63, 3.8) is 0 Å². The molecule has 0 saturated carbocycles. The van der Waals surface area contributed by atoms with Crippen molar-refractivity contribution in [2.24, 2.45) is 0 Å². The number of hydrogen-bond acceptors (Lipinski definition) is 3. The molecule has 2 nitrogen and oxygen atoms in total. The third-order valence-corrected chi connectivity index (χ3v) is 9.48. The smallest absolute Gasteiger partial charge is 0.143 e. The van der Waals surface area contributed by atoms with Crippen LogP contribution in [0.15, 0.2) is 130 Å². The fraction of sp³-hybridized carbons (Fsp3) is 0.0526. The third kappa shape index (κ3) is 3.59. The zero-order valence-corrected chi connectivity index (χ0v) is 23.0. The number of para-hydroxylation sites is 3. The Balaban J connectivity index is 1.17. The maximum atomic E-state index is 6.37. The van der Waals surface area contributed by atoms with Crippen LogP contribution in [-0.2, 0) is 11.5 Å². The second kappa shape index (κ2) is 8.89. The van der Waals surface area contributed by atoms with Crippen LogP contribution in [0.1, 0.15) is 11.1 Å². The van der Waals surface area contributed by atoms with Gasteiger partial charge in [-0.2, -0.15) is 11.8 Å². The van der Waals surface area contributed by atoms with Crippen molar-refractivity contribution in [1.82, 2.24) is 0 Å². The van der Waals surface area contributed by atoms with Crippen LogP contribution in [0.25, 0.3) is 77.3 Å². The predicted molar refractivity (Wildman–Crippen MR) is 172 cm³/mol. The molecule has 0 aliphatic carbocycles. The Kier molecular flexibility index (Phi) is 4.99. The van der Waals surface area contributed by atoms with E-state index in [2.05, 4.69) is 97.1 Å². The number of benzene rings is 6. The molecule has 1 aliphatic rings. The monoisotopic (exact) mass is 544 g/mol. The third-order valence-electron chi connectivity index (χ3n) is 8.45. The minimum absolute atomic E-state index is 0.929. The standard InChI is InChI=1S/C38H24O2S/c1-4-11-36-30(6-1)32-9-5-8-29(38(32)40-36)25-14-16-28-27(18-25)22-41-21-26-13-12-23(19-33(26)28)24-15-17-37-34(20-24)31-7-2-3-10-35(31)39-37/h1-20H,21-22H2. The van der Waals surface area contributed by atoms with Gasteiger partial charge < -0.3 is 8.83 Å². The highest BCUT2D eigenvalue weighted by Crippen LogP contribution is 2.42. The van der Waals surface area contributed by atoms with Crippen LogP contribution in [0.2, 0.25) is 0 Å². The van der Waals surface area contributed by atoms with Crippen molar-refractivity contribution < 1.29 is 8.83 Å². The average Bonchev–Trinajstić information content (AvgIpc) is 3.53. The zero-order valence-electron chi connectivity index (χ0n) is 22.2. The summed E-state index contributed by atoms with van der Waals surface area (Å²) in [4.78, 5) is 0. The number of rotatable bonds is 2. The van der Waals surface area contributed by atoms with Gasteiger partial charge in [0.2, 0.25) is 0 Å². The summed E-state index contributed by atoms with van der Waals surface area (Å²) >= 11 is 1.98. The molecule has 2 aromatic heterocycles. The van der Waals surface area contributed by atoms with E-state index in [1.54, 1.807) is 0 Å². The van der Waals surface area contributed by atoms with Crippen LogP contribution >= 0.6 is 11.8 Å². The van der Waals surface area contributed by atoms with Crippen molar-refractivity contribution in [2.45, 2.75) is 11.5 Å². The number of thioether (sulfide) groups is 1. The lowest BCUT2D eigenvalue weighted by Crippen LogP contribution is -1.91. The van der Waals surface area contributed by atoms with Gasteiger partial charge in [-0.05, 0) is 75.3 Å². The number of fused-ring (bicyclic) bond motifs is 9. The first-order chi connectivity index (χ1) is 20.3. The average molecular weight is 545 g/mol. The molecule has 6 aromatic carbocycles. The Hall–Kier alpha value is -4.73. The summed E-state index contributed by atoms with van der Waals surface area (Å²) < 4.78 is 12.4.